The van der Waals surface area contributed by atoms with Gasteiger partial charge in [-0.05, 0) is 56.6 Å². The first-order chi connectivity index (χ1) is 19.5. The van der Waals surface area contributed by atoms with Gasteiger partial charge in [-0.25, -0.2) is 4.98 Å². The van der Waals surface area contributed by atoms with Crippen LogP contribution < -0.4 is 15.0 Å². The molecule has 1 N–H and O–H groups in total. The molecule has 5 rings (SSSR count). The lowest BCUT2D eigenvalue weighted by molar-refractivity contribution is 0.0946. The summed E-state index contributed by atoms with van der Waals surface area (Å²) in [6.07, 6.45) is 0.875. The number of ether oxygens (including phenoxy) is 1. The molecule has 0 radical (unpaired) electrons. The number of rotatable bonds is 9. The number of nitrogens with zero attached hydrogens (tertiary/aromatic N) is 4. The van der Waals surface area contributed by atoms with E-state index in [9.17, 15) is 4.79 Å². The Morgan fingerprint density at radius 2 is 1.62 bits per heavy atom. The van der Waals surface area contributed by atoms with E-state index in [0.29, 0.717) is 18.1 Å². The van der Waals surface area contributed by atoms with Crippen LogP contribution in [0.5, 0.6) is 5.75 Å². The molecule has 0 aliphatic carbocycles. The molecule has 0 spiro atoms. The third-order valence-corrected chi connectivity index (χ3v) is 7.98. The van der Waals surface area contributed by atoms with Crippen molar-refractivity contribution in [1.82, 2.24) is 19.8 Å². The Balaban J connectivity index is 1.22. The van der Waals surface area contributed by atoms with Crippen molar-refractivity contribution in [2.75, 3.05) is 51.3 Å². The zero-order valence-corrected chi connectivity index (χ0v) is 24.1. The van der Waals surface area contributed by atoms with Crippen LogP contribution in [0.2, 0.25) is 5.02 Å². The van der Waals surface area contributed by atoms with Gasteiger partial charge in [0.2, 0.25) is 0 Å². The molecule has 0 saturated carbocycles. The van der Waals surface area contributed by atoms with Crippen molar-refractivity contribution in [3.63, 3.8) is 0 Å². The highest BCUT2D eigenvalue weighted by atomic mass is 35.5. The Labute approximate surface area is 241 Å². The van der Waals surface area contributed by atoms with Crippen LogP contribution in [0.15, 0.2) is 72.8 Å². The van der Waals surface area contributed by atoms with Crippen LogP contribution in [0.1, 0.15) is 28.2 Å². The quantitative estimate of drug-likeness (QED) is 0.265. The molecule has 0 unspecified atom stereocenters. The smallest absolute Gasteiger partial charge is 0.271 e. The molecule has 8 heteroatoms. The van der Waals surface area contributed by atoms with Crippen molar-refractivity contribution in [3.8, 4) is 22.8 Å². The molecule has 2 heterocycles. The lowest BCUT2D eigenvalue weighted by Crippen LogP contribution is -2.47. The Morgan fingerprint density at radius 3 is 2.38 bits per heavy atom. The second-order valence-electron chi connectivity index (χ2n) is 10.1. The molecule has 0 atom stereocenters. The highest BCUT2D eigenvalue weighted by Gasteiger charge is 2.23. The number of anilines is 1. The maximum absolute atomic E-state index is 13.3. The van der Waals surface area contributed by atoms with Crippen molar-refractivity contribution in [1.29, 1.82) is 0 Å². The summed E-state index contributed by atoms with van der Waals surface area (Å²) in [6, 6.07) is 23.8. The number of imidazole rings is 1. The summed E-state index contributed by atoms with van der Waals surface area (Å²) < 4.78 is 7.64. The third-order valence-electron chi connectivity index (χ3n) is 7.57. The van der Waals surface area contributed by atoms with Crippen LogP contribution in [0.3, 0.4) is 0 Å². The monoisotopic (exact) mass is 557 g/mol. The lowest BCUT2D eigenvalue weighted by Gasteiger charge is -2.37. The fourth-order valence-electron chi connectivity index (χ4n) is 5.35. The number of halogens is 1. The molecule has 0 bridgehead atoms. The van der Waals surface area contributed by atoms with Crippen molar-refractivity contribution in [3.05, 3.63) is 94.8 Å². The van der Waals surface area contributed by atoms with Gasteiger partial charge in [0, 0.05) is 49.0 Å². The highest BCUT2D eigenvalue weighted by molar-refractivity contribution is 6.31. The van der Waals surface area contributed by atoms with Gasteiger partial charge in [-0.2, -0.15) is 0 Å². The van der Waals surface area contributed by atoms with Crippen molar-refractivity contribution in [2.45, 2.75) is 20.3 Å². The zero-order chi connectivity index (χ0) is 28.1. The molecule has 3 aromatic carbocycles. The van der Waals surface area contributed by atoms with E-state index in [2.05, 4.69) is 28.1 Å². The first kappa shape index (κ1) is 27.7. The Bertz CT molecular complexity index is 1460. The Kier molecular flexibility index (Phi) is 8.72. The van der Waals surface area contributed by atoms with Crippen LogP contribution >= 0.6 is 11.6 Å². The summed E-state index contributed by atoms with van der Waals surface area (Å²) >= 11 is 6.33. The Morgan fingerprint density at radius 1 is 0.925 bits per heavy atom. The molecule has 1 fully saturated rings. The molecular weight excluding hydrogens is 522 g/mol. The van der Waals surface area contributed by atoms with Crippen molar-refractivity contribution in [2.24, 2.45) is 0 Å². The number of hydrogen-bond acceptors (Lipinski definition) is 5. The molecule has 7 nitrogen and oxygen atoms in total. The molecule has 1 aromatic heterocycles. The van der Waals surface area contributed by atoms with Crippen molar-refractivity contribution >= 4 is 23.2 Å². The van der Waals surface area contributed by atoms with Gasteiger partial charge in [-0.15, -0.1) is 0 Å². The van der Waals surface area contributed by atoms with E-state index in [0.717, 1.165) is 72.4 Å². The normalized spacial score (nSPS) is 13.8. The summed E-state index contributed by atoms with van der Waals surface area (Å²) in [7, 11) is 1.65. The summed E-state index contributed by atoms with van der Waals surface area (Å²) in [4.78, 5) is 23.0. The predicted octanol–water partition coefficient (Wildman–Crippen LogP) is 5.76. The van der Waals surface area contributed by atoms with E-state index in [1.807, 2.05) is 78.2 Å². The van der Waals surface area contributed by atoms with Gasteiger partial charge in [0.05, 0.1) is 18.5 Å². The Hall–Kier alpha value is -3.81. The summed E-state index contributed by atoms with van der Waals surface area (Å²) in [6.45, 7) is 9.45. The fourth-order valence-corrected chi connectivity index (χ4v) is 5.52. The van der Waals surface area contributed by atoms with Gasteiger partial charge >= 0.3 is 0 Å². The van der Waals surface area contributed by atoms with Gasteiger partial charge in [0.1, 0.15) is 17.3 Å². The second kappa shape index (κ2) is 12.6. The molecule has 40 heavy (non-hydrogen) atoms. The molecule has 1 amide bonds. The average Bonchev–Trinajstić information content (AvgIpc) is 3.34. The second-order valence-corrected chi connectivity index (χ2v) is 10.5. The first-order valence-electron chi connectivity index (χ1n) is 13.8. The number of benzene rings is 3. The number of para-hydroxylation sites is 2. The standard InChI is InChI=1S/C32H36ClN5O2/c1-23-26(33)13-9-15-27(23)37-21-19-36(20-22-37)18-10-17-34-32(39)30-24(2)38(28-14-7-8-16-29(28)40-3)31(35-30)25-11-5-4-6-12-25/h4-9,11-16H,10,17-22H2,1-3H3,(H,34,39). The molecular formula is C32H36ClN5O2. The van der Waals surface area contributed by atoms with Gasteiger partial charge in [-0.3, -0.25) is 14.3 Å². The third kappa shape index (κ3) is 5.86. The van der Waals surface area contributed by atoms with E-state index < -0.39 is 0 Å². The van der Waals surface area contributed by atoms with Crippen LogP contribution in [0.25, 0.3) is 17.1 Å². The van der Waals surface area contributed by atoms with E-state index >= 15 is 0 Å². The van der Waals surface area contributed by atoms with Crippen LogP contribution in [-0.4, -0.2) is 66.7 Å². The number of amides is 1. The molecule has 1 saturated heterocycles. The minimum absolute atomic E-state index is 0.162. The number of nitrogens with one attached hydrogen (secondary N) is 1. The fraction of sp³-hybridized carbons (Fsp3) is 0.312. The predicted molar refractivity (Wildman–Crippen MR) is 162 cm³/mol. The van der Waals surface area contributed by atoms with Gasteiger partial charge in [0.15, 0.2) is 0 Å². The maximum atomic E-state index is 13.3. The molecule has 4 aromatic rings. The zero-order valence-electron chi connectivity index (χ0n) is 23.4. The minimum Gasteiger partial charge on any atom is -0.495 e. The summed E-state index contributed by atoms with van der Waals surface area (Å²) in [5.74, 6) is 1.27. The van der Waals surface area contributed by atoms with Crippen LogP contribution in [0.4, 0.5) is 5.69 Å². The minimum atomic E-state index is -0.162. The van der Waals surface area contributed by atoms with E-state index in [-0.39, 0.29) is 5.91 Å². The van der Waals surface area contributed by atoms with Crippen LogP contribution in [-0.2, 0) is 0 Å². The van der Waals surface area contributed by atoms with E-state index in [1.54, 1.807) is 7.11 Å². The molecule has 1 aliphatic heterocycles. The molecule has 1 aliphatic rings. The number of methoxy groups -OCH3 is 1. The lowest BCUT2D eigenvalue weighted by atomic mass is 10.1. The van der Waals surface area contributed by atoms with Crippen LogP contribution in [0, 0.1) is 13.8 Å². The summed E-state index contributed by atoms with van der Waals surface area (Å²) in [5, 5.41) is 3.92. The van der Waals surface area contributed by atoms with Gasteiger partial charge in [-0.1, -0.05) is 60.1 Å². The topological polar surface area (TPSA) is 62.6 Å². The highest BCUT2D eigenvalue weighted by Crippen LogP contribution is 2.31. The number of hydrogen-bond donors (Lipinski definition) is 1. The number of carbonyl (C=O) groups is 1. The number of piperazine rings is 1. The van der Waals surface area contributed by atoms with E-state index in [1.165, 1.54) is 5.69 Å². The first-order valence-corrected chi connectivity index (χ1v) is 14.1. The van der Waals surface area contributed by atoms with Gasteiger partial charge in [0.25, 0.3) is 5.91 Å². The average molecular weight is 558 g/mol. The molecule has 208 valence electrons. The largest absolute Gasteiger partial charge is 0.495 e. The number of carbonyl (C=O) groups excluding carboxylic acids is 1. The summed E-state index contributed by atoms with van der Waals surface area (Å²) in [5.41, 5.74) is 5.34. The van der Waals surface area contributed by atoms with E-state index in [4.69, 9.17) is 21.3 Å². The maximum Gasteiger partial charge on any atom is 0.271 e. The van der Waals surface area contributed by atoms with Gasteiger partial charge < -0.3 is 15.0 Å². The SMILES string of the molecule is COc1ccccc1-n1c(-c2ccccc2)nc(C(=O)NCCCN2CCN(c3cccc(Cl)c3C)CC2)c1C. The number of aromatic nitrogens is 2. The van der Waals surface area contributed by atoms with Crippen molar-refractivity contribution < 1.29 is 9.53 Å².